The fraction of sp³-hybridized carbons (Fsp3) is 0.500. The topological polar surface area (TPSA) is 18.5 Å². The Bertz CT molecular complexity index is 369. The van der Waals surface area contributed by atoms with Crippen molar-refractivity contribution in [2.75, 3.05) is 13.2 Å². The molecule has 0 atom stereocenters. The third-order valence-corrected chi connectivity index (χ3v) is 3.85. The Kier molecular flexibility index (Phi) is 4.56. The van der Waals surface area contributed by atoms with Crippen molar-refractivity contribution in [3.05, 3.63) is 42.0 Å². The Hall–Kier alpha value is -1.12. The van der Waals surface area contributed by atoms with E-state index in [4.69, 9.17) is 9.47 Å². The van der Waals surface area contributed by atoms with Crippen LogP contribution in [0.4, 0.5) is 0 Å². The minimum atomic E-state index is -0.198. The van der Waals surface area contributed by atoms with Crippen LogP contribution in [-0.4, -0.2) is 19.5 Å². The van der Waals surface area contributed by atoms with E-state index < -0.39 is 0 Å². The zero-order valence-corrected chi connectivity index (χ0v) is 11.3. The predicted octanol–water partition coefficient (Wildman–Crippen LogP) is 3.88. The van der Waals surface area contributed by atoms with Crippen LogP contribution >= 0.6 is 0 Å². The van der Waals surface area contributed by atoms with Gasteiger partial charge in [-0.1, -0.05) is 50.3 Å². The lowest BCUT2D eigenvalue weighted by atomic mass is 9.84. The summed E-state index contributed by atoms with van der Waals surface area (Å²) in [4.78, 5) is 0. The molecule has 0 spiro atoms. The summed E-state index contributed by atoms with van der Waals surface area (Å²) in [5, 5.41) is 0. The van der Waals surface area contributed by atoms with Gasteiger partial charge in [-0.25, -0.2) is 0 Å². The van der Waals surface area contributed by atoms with Crippen LogP contribution in [0.5, 0.6) is 0 Å². The maximum Gasteiger partial charge on any atom is 0.177 e. The second-order valence-electron chi connectivity index (χ2n) is 4.97. The molecule has 2 nitrogen and oxygen atoms in total. The molecule has 1 aromatic carbocycles. The minimum Gasteiger partial charge on any atom is -0.348 e. The van der Waals surface area contributed by atoms with Gasteiger partial charge in [0, 0.05) is 5.41 Å². The first-order valence-electron chi connectivity index (χ1n) is 6.74. The summed E-state index contributed by atoms with van der Waals surface area (Å²) in [5.41, 5.74) is 1.39. The molecule has 0 amide bonds. The highest BCUT2D eigenvalue weighted by atomic mass is 16.7. The third kappa shape index (κ3) is 3.21. The smallest absolute Gasteiger partial charge is 0.177 e. The fourth-order valence-corrected chi connectivity index (χ4v) is 2.13. The molecule has 98 valence electrons. The standard InChI is InChI=1S/C16H22O2/c1-3-16(4-2)12-17-15(18-13-16)11-10-14-8-6-5-7-9-14/h5-11,15H,3-4,12-13H2,1-2H3/b11-10-. The summed E-state index contributed by atoms with van der Waals surface area (Å²) >= 11 is 0. The Balaban J connectivity index is 1.89. The molecular formula is C16H22O2. The zero-order valence-electron chi connectivity index (χ0n) is 11.3. The van der Waals surface area contributed by atoms with Gasteiger partial charge in [0.15, 0.2) is 6.29 Å². The summed E-state index contributed by atoms with van der Waals surface area (Å²) in [7, 11) is 0. The van der Waals surface area contributed by atoms with Crippen LogP contribution in [0.1, 0.15) is 32.3 Å². The molecule has 0 aliphatic carbocycles. The van der Waals surface area contributed by atoms with Crippen molar-refractivity contribution in [2.45, 2.75) is 33.0 Å². The van der Waals surface area contributed by atoms with Crippen molar-refractivity contribution in [1.29, 1.82) is 0 Å². The molecule has 0 radical (unpaired) electrons. The van der Waals surface area contributed by atoms with Gasteiger partial charge in [0.1, 0.15) is 0 Å². The van der Waals surface area contributed by atoms with Gasteiger partial charge < -0.3 is 9.47 Å². The Morgan fingerprint density at radius 2 is 1.72 bits per heavy atom. The van der Waals surface area contributed by atoms with Crippen LogP contribution in [0, 0.1) is 5.41 Å². The summed E-state index contributed by atoms with van der Waals surface area (Å²) in [6.45, 7) is 6.00. The van der Waals surface area contributed by atoms with Crippen molar-refractivity contribution in [3.8, 4) is 0 Å². The van der Waals surface area contributed by atoms with E-state index in [0.717, 1.165) is 26.1 Å². The average molecular weight is 246 g/mol. The Morgan fingerprint density at radius 3 is 2.28 bits per heavy atom. The van der Waals surface area contributed by atoms with Crippen LogP contribution in [0.15, 0.2) is 36.4 Å². The first-order valence-corrected chi connectivity index (χ1v) is 6.74. The summed E-state index contributed by atoms with van der Waals surface area (Å²) in [5.74, 6) is 0. The number of rotatable bonds is 4. The van der Waals surface area contributed by atoms with Crippen molar-refractivity contribution < 1.29 is 9.47 Å². The van der Waals surface area contributed by atoms with Crippen LogP contribution in [0.25, 0.3) is 6.08 Å². The largest absolute Gasteiger partial charge is 0.348 e. The van der Waals surface area contributed by atoms with Gasteiger partial charge in [-0.05, 0) is 24.5 Å². The van der Waals surface area contributed by atoms with Crippen molar-refractivity contribution >= 4 is 6.08 Å². The normalized spacial score (nSPS) is 20.3. The molecule has 0 saturated carbocycles. The van der Waals surface area contributed by atoms with Crippen LogP contribution in [0.2, 0.25) is 0 Å². The molecule has 1 heterocycles. The molecule has 1 saturated heterocycles. The molecule has 1 aromatic rings. The van der Waals surface area contributed by atoms with Crippen molar-refractivity contribution in [3.63, 3.8) is 0 Å². The number of hydrogen-bond acceptors (Lipinski definition) is 2. The predicted molar refractivity (Wildman–Crippen MR) is 74.2 cm³/mol. The molecule has 0 unspecified atom stereocenters. The van der Waals surface area contributed by atoms with E-state index >= 15 is 0 Å². The van der Waals surface area contributed by atoms with E-state index in [1.807, 2.05) is 24.3 Å². The van der Waals surface area contributed by atoms with E-state index in [1.165, 1.54) is 5.56 Å². The molecule has 1 aliphatic rings. The number of hydrogen-bond donors (Lipinski definition) is 0. The molecule has 1 fully saturated rings. The van der Waals surface area contributed by atoms with E-state index in [9.17, 15) is 0 Å². The van der Waals surface area contributed by atoms with Gasteiger partial charge in [0.25, 0.3) is 0 Å². The van der Waals surface area contributed by atoms with Crippen molar-refractivity contribution in [1.82, 2.24) is 0 Å². The second kappa shape index (κ2) is 6.17. The molecule has 18 heavy (non-hydrogen) atoms. The van der Waals surface area contributed by atoms with Gasteiger partial charge in [0.05, 0.1) is 13.2 Å². The Morgan fingerprint density at radius 1 is 1.11 bits per heavy atom. The first kappa shape index (κ1) is 13.3. The highest BCUT2D eigenvalue weighted by Crippen LogP contribution is 2.31. The van der Waals surface area contributed by atoms with E-state index in [0.29, 0.717) is 0 Å². The lowest BCUT2D eigenvalue weighted by Gasteiger charge is -2.38. The number of benzene rings is 1. The van der Waals surface area contributed by atoms with E-state index in [2.05, 4.69) is 32.1 Å². The van der Waals surface area contributed by atoms with E-state index in [-0.39, 0.29) is 11.7 Å². The molecule has 2 heteroatoms. The average Bonchev–Trinajstić information content (AvgIpc) is 2.47. The second-order valence-corrected chi connectivity index (χ2v) is 4.97. The summed E-state index contributed by atoms with van der Waals surface area (Å²) < 4.78 is 11.6. The summed E-state index contributed by atoms with van der Waals surface area (Å²) in [6.07, 6.45) is 6.06. The minimum absolute atomic E-state index is 0.198. The van der Waals surface area contributed by atoms with Gasteiger partial charge in [-0.2, -0.15) is 0 Å². The maximum atomic E-state index is 5.79. The van der Waals surface area contributed by atoms with Gasteiger partial charge in [-0.3, -0.25) is 0 Å². The van der Waals surface area contributed by atoms with Crippen LogP contribution in [0.3, 0.4) is 0 Å². The van der Waals surface area contributed by atoms with Crippen LogP contribution in [-0.2, 0) is 9.47 Å². The summed E-state index contributed by atoms with van der Waals surface area (Å²) in [6, 6.07) is 10.2. The molecule has 0 bridgehead atoms. The third-order valence-electron chi connectivity index (χ3n) is 3.85. The molecular weight excluding hydrogens is 224 g/mol. The maximum absolute atomic E-state index is 5.79. The van der Waals surface area contributed by atoms with Gasteiger partial charge >= 0.3 is 0 Å². The highest BCUT2D eigenvalue weighted by Gasteiger charge is 2.32. The van der Waals surface area contributed by atoms with Gasteiger partial charge in [0.2, 0.25) is 0 Å². The monoisotopic (exact) mass is 246 g/mol. The lowest BCUT2D eigenvalue weighted by Crippen LogP contribution is -2.40. The molecule has 0 N–H and O–H groups in total. The molecule has 1 aliphatic heterocycles. The zero-order chi connectivity index (χ0) is 12.8. The highest BCUT2D eigenvalue weighted by molar-refractivity contribution is 5.48. The van der Waals surface area contributed by atoms with Gasteiger partial charge in [-0.15, -0.1) is 0 Å². The number of ether oxygens (including phenoxy) is 2. The van der Waals surface area contributed by atoms with Crippen LogP contribution < -0.4 is 0 Å². The quantitative estimate of drug-likeness (QED) is 0.802. The first-order chi connectivity index (χ1) is 8.78. The Labute approximate surface area is 110 Å². The lowest BCUT2D eigenvalue weighted by molar-refractivity contribution is -0.208. The molecule has 2 rings (SSSR count). The molecule has 0 aromatic heterocycles. The SMILES string of the molecule is CCC1(CC)COC(/C=C\c2ccccc2)OC1. The fourth-order valence-electron chi connectivity index (χ4n) is 2.13. The van der Waals surface area contributed by atoms with E-state index in [1.54, 1.807) is 0 Å². The van der Waals surface area contributed by atoms with Crippen molar-refractivity contribution in [2.24, 2.45) is 5.41 Å².